The Bertz CT molecular complexity index is 1160. The fourth-order valence-corrected chi connectivity index (χ4v) is 7.79. The Morgan fingerprint density at radius 1 is 0.559 bits per heavy atom. The minimum Gasteiger partial charge on any atom is -0.457 e. The van der Waals surface area contributed by atoms with Gasteiger partial charge in [0, 0.05) is 13.0 Å². The van der Waals surface area contributed by atoms with Crippen LogP contribution < -0.4 is 0 Å². The van der Waals surface area contributed by atoms with Gasteiger partial charge in [0.25, 0.3) is 0 Å². The summed E-state index contributed by atoms with van der Waals surface area (Å²) in [5.74, 6) is -0.484. The molecule has 0 aromatic rings. The van der Waals surface area contributed by atoms with Crippen molar-refractivity contribution in [2.75, 3.05) is 19.8 Å². The Balaban J connectivity index is 2.32. The Morgan fingerprint density at radius 3 is 1.53 bits per heavy atom. The minimum atomic E-state index is -5.01. The molecule has 0 heterocycles. The van der Waals surface area contributed by atoms with Crippen LogP contribution in [0.1, 0.15) is 174 Å². The van der Waals surface area contributed by atoms with E-state index in [2.05, 4.69) is 62.5 Å². The Kier molecular flexibility index (Phi) is 34.6. The van der Waals surface area contributed by atoms with Crippen LogP contribution in [0.25, 0.3) is 0 Å². The van der Waals surface area contributed by atoms with Crippen LogP contribution in [0.2, 0.25) is 0 Å². The fraction of sp³-hybridized carbons (Fsp3) is 0.804. The number of allylic oxidation sites excluding steroid dienone is 8. The number of ether oxygens (including phenoxy) is 2. The number of esters is 1. The number of aliphatic hydroxyl groups is 5. The molecular weight excluding hydrogens is 775 g/mol. The topological polar surface area (TPSA) is 192 Å². The molecule has 0 radical (unpaired) electrons. The number of aliphatic hydroxyl groups excluding tert-OH is 5. The molecule has 6 unspecified atom stereocenters. The van der Waals surface area contributed by atoms with E-state index in [0.717, 1.165) is 70.6 Å². The van der Waals surface area contributed by atoms with Gasteiger partial charge in [0.15, 0.2) is 0 Å². The Hall–Kier alpha value is -1.70. The van der Waals surface area contributed by atoms with Crippen LogP contribution in [0.3, 0.4) is 0 Å². The molecule has 0 aromatic carbocycles. The highest BCUT2D eigenvalue weighted by molar-refractivity contribution is 7.47. The van der Waals surface area contributed by atoms with E-state index in [1.54, 1.807) is 0 Å². The fourth-order valence-electron chi connectivity index (χ4n) is 6.82. The number of hydrogen-bond acceptors (Lipinski definition) is 11. The Morgan fingerprint density at radius 2 is 1.00 bits per heavy atom. The summed E-state index contributed by atoms with van der Waals surface area (Å²) in [6.45, 7) is 4.12. The summed E-state index contributed by atoms with van der Waals surface area (Å²) in [6, 6.07) is 0. The van der Waals surface area contributed by atoms with Crippen molar-refractivity contribution in [2.45, 2.75) is 217 Å². The van der Waals surface area contributed by atoms with Crippen LogP contribution in [0, 0.1) is 0 Å². The van der Waals surface area contributed by atoms with Gasteiger partial charge in [0.1, 0.15) is 42.7 Å². The predicted molar refractivity (Wildman–Crippen MR) is 235 cm³/mol. The molecule has 6 atom stereocenters. The molecule has 13 heteroatoms. The smallest absolute Gasteiger partial charge is 0.457 e. The van der Waals surface area contributed by atoms with Crippen LogP contribution >= 0.6 is 7.82 Å². The molecule has 1 rings (SSSR count). The average Bonchev–Trinajstić information content (AvgIpc) is 3.22. The summed E-state index contributed by atoms with van der Waals surface area (Å²) in [5.41, 5.74) is 0. The van der Waals surface area contributed by atoms with E-state index in [0.29, 0.717) is 13.0 Å². The summed E-state index contributed by atoms with van der Waals surface area (Å²) in [6.07, 6.45) is 31.9. The van der Waals surface area contributed by atoms with Crippen LogP contribution in [0.4, 0.5) is 0 Å². The van der Waals surface area contributed by atoms with Crippen molar-refractivity contribution in [1.29, 1.82) is 0 Å². The first-order valence-corrected chi connectivity index (χ1v) is 24.5. The average molecular weight is 859 g/mol. The van der Waals surface area contributed by atoms with Gasteiger partial charge < -0.3 is 39.9 Å². The molecule has 344 valence electrons. The molecule has 0 aliphatic heterocycles. The predicted octanol–water partition coefficient (Wildman–Crippen LogP) is 9.25. The zero-order valence-electron chi connectivity index (χ0n) is 36.5. The van der Waals surface area contributed by atoms with Crippen LogP contribution in [-0.4, -0.2) is 98.9 Å². The second-order valence-corrected chi connectivity index (χ2v) is 17.3. The van der Waals surface area contributed by atoms with Crippen molar-refractivity contribution >= 4 is 13.8 Å². The third-order valence-electron chi connectivity index (χ3n) is 10.5. The van der Waals surface area contributed by atoms with E-state index in [4.69, 9.17) is 18.5 Å². The van der Waals surface area contributed by atoms with E-state index in [9.17, 15) is 39.8 Å². The van der Waals surface area contributed by atoms with Crippen molar-refractivity contribution in [3.8, 4) is 0 Å². The minimum absolute atomic E-state index is 0.0779. The first-order chi connectivity index (χ1) is 28.5. The van der Waals surface area contributed by atoms with E-state index in [-0.39, 0.29) is 13.0 Å². The van der Waals surface area contributed by atoms with E-state index >= 15 is 0 Å². The van der Waals surface area contributed by atoms with Crippen LogP contribution in [0.15, 0.2) is 48.6 Å². The van der Waals surface area contributed by atoms with Crippen molar-refractivity contribution in [3.63, 3.8) is 0 Å². The summed E-state index contributed by atoms with van der Waals surface area (Å²) in [5, 5.41) is 50.1. The molecule has 59 heavy (non-hydrogen) atoms. The van der Waals surface area contributed by atoms with Gasteiger partial charge in [0.2, 0.25) is 0 Å². The standard InChI is InChI=1S/C46H83O12P/c1-3-5-7-9-11-13-14-15-16-17-18-19-20-21-22-23-24-25-26-27-29-31-33-35-40(47)57-39(37-55-36-34-32-30-28-12-10-8-6-4-2)38-56-59(53,54)58-46-44(51)42(49)41(48)43(50)45(46)52/h5,7,11,13,15-16,18-19,39,41-46,48-52H,3-4,6,8-10,12,14,17,20-38H2,1-2H3,(H,53,54)/b7-5-,13-11-,16-15-,19-18-. The van der Waals surface area contributed by atoms with Gasteiger partial charge in [-0.2, -0.15) is 0 Å². The first-order valence-electron chi connectivity index (χ1n) is 23.0. The number of hydrogen-bond donors (Lipinski definition) is 6. The van der Waals surface area contributed by atoms with Gasteiger partial charge in [-0.1, -0.05) is 165 Å². The van der Waals surface area contributed by atoms with Crippen molar-refractivity contribution in [1.82, 2.24) is 0 Å². The lowest BCUT2D eigenvalue weighted by molar-refractivity contribution is -0.220. The number of carbonyl (C=O) groups is 1. The monoisotopic (exact) mass is 859 g/mol. The molecule has 0 saturated heterocycles. The van der Waals surface area contributed by atoms with Crippen molar-refractivity contribution < 1.29 is 58.3 Å². The molecule has 1 fully saturated rings. The largest absolute Gasteiger partial charge is 0.472 e. The highest BCUT2D eigenvalue weighted by Crippen LogP contribution is 2.47. The number of rotatable bonds is 38. The molecule has 12 nitrogen and oxygen atoms in total. The lowest BCUT2D eigenvalue weighted by Gasteiger charge is -2.41. The summed E-state index contributed by atoms with van der Waals surface area (Å²) in [7, 11) is -5.01. The van der Waals surface area contributed by atoms with E-state index in [1.165, 1.54) is 77.0 Å². The van der Waals surface area contributed by atoms with E-state index < -0.39 is 63.1 Å². The summed E-state index contributed by atoms with van der Waals surface area (Å²) in [4.78, 5) is 23.1. The summed E-state index contributed by atoms with van der Waals surface area (Å²) >= 11 is 0. The van der Waals surface area contributed by atoms with Gasteiger partial charge in [0.05, 0.1) is 13.2 Å². The zero-order chi connectivity index (χ0) is 43.4. The quantitative estimate of drug-likeness (QED) is 0.0150. The highest BCUT2D eigenvalue weighted by Gasteiger charge is 2.51. The van der Waals surface area contributed by atoms with Gasteiger partial charge in [-0.25, -0.2) is 4.57 Å². The first kappa shape index (κ1) is 55.3. The van der Waals surface area contributed by atoms with E-state index in [1.807, 2.05) is 0 Å². The van der Waals surface area contributed by atoms with Crippen LogP contribution in [-0.2, 0) is 27.9 Å². The normalized spacial score (nSPS) is 22.9. The molecular formula is C46H83O12P. The summed E-state index contributed by atoms with van der Waals surface area (Å²) < 4.78 is 34.1. The third kappa shape index (κ3) is 29.3. The second kappa shape index (κ2) is 36.9. The third-order valence-corrected chi connectivity index (χ3v) is 11.5. The molecule has 0 aromatic heterocycles. The SMILES string of the molecule is CC/C=C\C/C=C\C/C=C\C/C=C\CCCCCCCCCCCCC(=O)OC(COCCCCCCCCCCC)COP(=O)(O)OC1C(O)C(O)C(O)C(O)C1O. The van der Waals surface area contributed by atoms with Gasteiger partial charge in [-0.3, -0.25) is 13.8 Å². The molecule has 1 aliphatic carbocycles. The van der Waals surface area contributed by atoms with Gasteiger partial charge in [-0.05, 0) is 51.4 Å². The van der Waals surface area contributed by atoms with Crippen LogP contribution in [0.5, 0.6) is 0 Å². The molecule has 0 spiro atoms. The van der Waals surface area contributed by atoms with Gasteiger partial charge >= 0.3 is 13.8 Å². The lowest BCUT2D eigenvalue weighted by atomic mass is 9.85. The van der Waals surface area contributed by atoms with Crippen molar-refractivity contribution in [3.05, 3.63) is 48.6 Å². The lowest BCUT2D eigenvalue weighted by Crippen LogP contribution is -2.64. The molecule has 0 amide bonds. The maximum Gasteiger partial charge on any atom is 0.472 e. The highest BCUT2D eigenvalue weighted by atomic mass is 31.2. The molecule has 1 aliphatic rings. The number of phosphoric ester groups is 1. The number of phosphoric acid groups is 1. The molecule has 1 saturated carbocycles. The van der Waals surface area contributed by atoms with Crippen molar-refractivity contribution in [2.24, 2.45) is 0 Å². The zero-order valence-corrected chi connectivity index (χ0v) is 37.4. The molecule has 6 N–H and O–H groups in total. The maximum absolute atomic E-state index is 12.8. The molecule has 0 bridgehead atoms. The van der Waals surface area contributed by atoms with Gasteiger partial charge in [-0.15, -0.1) is 0 Å². The number of carbonyl (C=O) groups excluding carboxylic acids is 1. The number of unbranched alkanes of at least 4 members (excludes halogenated alkanes) is 18. The second-order valence-electron chi connectivity index (χ2n) is 15.9. The maximum atomic E-state index is 12.8. The Labute approximate surface area is 356 Å².